The van der Waals surface area contributed by atoms with E-state index in [-0.39, 0.29) is 5.97 Å². The lowest BCUT2D eigenvalue weighted by atomic mass is 10.4. The van der Waals surface area contributed by atoms with Gasteiger partial charge in [-0.05, 0) is 13.2 Å². The number of esters is 1. The molecule has 0 radical (unpaired) electrons. The number of likely N-dealkylation sites (N-methyl/N-ethyl adjacent to an activating group) is 1. The first-order valence-electron chi connectivity index (χ1n) is 5.90. The van der Waals surface area contributed by atoms with E-state index in [1.54, 1.807) is 14.0 Å². The fourth-order valence-electron chi connectivity index (χ4n) is 1.54. The summed E-state index contributed by atoms with van der Waals surface area (Å²) in [6.45, 7) is 3.49. The molecule has 1 aromatic rings. The number of methoxy groups -OCH3 is 1. The first-order valence-corrected chi connectivity index (χ1v) is 7.94. The minimum Gasteiger partial charge on any atom is -0.462 e. The summed E-state index contributed by atoms with van der Waals surface area (Å²) >= 11 is 2.90. The highest BCUT2D eigenvalue weighted by molar-refractivity contribution is 7.99. The molecule has 7 heteroatoms. The van der Waals surface area contributed by atoms with Crippen molar-refractivity contribution in [1.82, 2.24) is 0 Å². The molecule has 5 nitrogen and oxygen atoms in total. The SMILES string of the molecule is CCOC(=O)c1sc(N(C)CCOC)c(SC)c1N. The topological polar surface area (TPSA) is 64.8 Å². The molecule has 0 amide bonds. The van der Waals surface area contributed by atoms with Gasteiger partial charge >= 0.3 is 5.97 Å². The third-order valence-corrected chi connectivity index (χ3v) is 4.78. The lowest BCUT2D eigenvalue weighted by Gasteiger charge is -2.18. The minimum absolute atomic E-state index is 0.347. The van der Waals surface area contributed by atoms with Crippen molar-refractivity contribution >= 4 is 39.8 Å². The van der Waals surface area contributed by atoms with Crippen molar-refractivity contribution in [2.45, 2.75) is 11.8 Å². The van der Waals surface area contributed by atoms with Gasteiger partial charge in [0, 0.05) is 20.7 Å². The third-order valence-electron chi connectivity index (χ3n) is 2.52. The fraction of sp³-hybridized carbons (Fsp3) is 0.583. The molecule has 0 saturated heterocycles. The van der Waals surface area contributed by atoms with E-state index in [0.29, 0.717) is 23.8 Å². The Labute approximate surface area is 122 Å². The number of thiophene rings is 1. The van der Waals surface area contributed by atoms with Gasteiger partial charge in [0.2, 0.25) is 0 Å². The summed E-state index contributed by atoms with van der Waals surface area (Å²) in [6.07, 6.45) is 1.95. The van der Waals surface area contributed by atoms with Gasteiger partial charge in [-0.15, -0.1) is 23.1 Å². The van der Waals surface area contributed by atoms with Crippen LogP contribution in [-0.2, 0) is 9.47 Å². The standard InChI is InChI=1S/C12H20N2O3S2/c1-5-17-12(15)10-8(13)9(18-4)11(19-10)14(2)6-7-16-3/h5-7,13H2,1-4H3. The summed E-state index contributed by atoms with van der Waals surface area (Å²) < 4.78 is 10.1. The maximum atomic E-state index is 11.8. The molecular formula is C12H20N2O3S2. The second-order valence-electron chi connectivity index (χ2n) is 3.82. The molecule has 0 saturated carbocycles. The van der Waals surface area contributed by atoms with E-state index in [4.69, 9.17) is 15.2 Å². The Kier molecular flexibility index (Phi) is 6.47. The molecular weight excluding hydrogens is 284 g/mol. The fourth-order valence-corrected chi connectivity index (χ4v) is 3.63. The molecule has 0 fully saturated rings. The number of nitrogens with zero attached hydrogens (tertiary/aromatic N) is 1. The Morgan fingerprint density at radius 3 is 2.74 bits per heavy atom. The number of carbonyl (C=O) groups is 1. The Balaban J connectivity index is 3.04. The zero-order valence-corrected chi connectivity index (χ0v) is 13.3. The molecule has 0 aromatic carbocycles. The molecule has 0 aliphatic carbocycles. The van der Waals surface area contributed by atoms with Crippen LogP contribution in [0.3, 0.4) is 0 Å². The Morgan fingerprint density at radius 2 is 2.21 bits per heavy atom. The number of thioether (sulfide) groups is 1. The zero-order valence-electron chi connectivity index (χ0n) is 11.7. The average molecular weight is 304 g/mol. The van der Waals surface area contributed by atoms with Crippen LogP contribution in [0.5, 0.6) is 0 Å². The molecule has 0 atom stereocenters. The van der Waals surface area contributed by atoms with Crippen LogP contribution in [0.4, 0.5) is 10.7 Å². The third kappa shape index (κ3) is 3.77. The molecule has 0 bridgehead atoms. The van der Waals surface area contributed by atoms with Gasteiger partial charge in [-0.3, -0.25) is 0 Å². The van der Waals surface area contributed by atoms with Gasteiger partial charge in [0.15, 0.2) is 0 Å². The Morgan fingerprint density at radius 1 is 1.53 bits per heavy atom. The number of ether oxygens (including phenoxy) is 2. The molecule has 1 rings (SSSR count). The van der Waals surface area contributed by atoms with Gasteiger partial charge < -0.3 is 20.1 Å². The summed E-state index contributed by atoms with van der Waals surface area (Å²) in [6, 6.07) is 0. The van der Waals surface area contributed by atoms with Crippen molar-refractivity contribution < 1.29 is 14.3 Å². The van der Waals surface area contributed by atoms with Gasteiger partial charge in [0.1, 0.15) is 9.88 Å². The Hall–Kier alpha value is -0.920. The number of rotatable bonds is 7. The van der Waals surface area contributed by atoms with Crippen LogP contribution in [0, 0.1) is 0 Å². The lowest BCUT2D eigenvalue weighted by Crippen LogP contribution is -2.21. The monoisotopic (exact) mass is 304 g/mol. The highest BCUT2D eigenvalue weighted by Crippen LogP contribution is 2.43. The van der Waals surface area contributed by atoms with Crippen LogP contribution in [0.25, 0.3) is 0 Å². The summed E-state index contributed by atoms with van der Waals surface area (Å²) in [4.78, 5) is 15.3. The second-order valence-corrected chi connectivity index (χ2v) is 5.63. The van der Waals surface area contributed by atoms with Gasteiger partial charge in [-0.2, -0.15) is 0 Å². The summed E-state index contributed by atoms with van der Waals surface area (Å²) in [5, 5.41) is 0.977. The van der Waals surface area contributed by atoms with Crippen molar-refractivity contribution in [1.29, 1.82) is 0 Å². The van der Waals surface area contributed by atoms with Crippen LogP contribution in [0.2, 0.25) is 0 Å². The predicted molar refractivity (Wildman–Crippen MR) is 81.6 cm³/mol. The maximum absolute atomic E-state index is 11.8. The number of nitrogens with two attached hydrogens (primary N) is 1. The summed E-state index contributed by atoms with van der Waals surface area (Å²) in [5.74, 6) is -0.355. The summed E-state index contributed by atoms with van der Waals surface area (Å²) in [7, 11) is 3.62. The molecule has 2 N–H and O–H groups in total. The van der Waals surface area contributed by atoms with Gasteiger partial charge in [0.25, 0.3) is 0 Å². The Bertz CT molecular complexity index is 435. The average Bonchev–Trinajstić information content (AvgIpc) is 2.73. The molecule has 19 heavy (non-hydrogen) atoms. The van der Waals surface area contributed by atoms with Crippen molar-refractivity contribution in [3.63, 3.8) is 0 Å². The van der Waals surface area contributed by atoms with Gasteiger partial charge in [0.05, 0.1) is 23.8 Å². The first-order chi connectivity index (χ1) is 9.06. The van der Waals surface area contributed by atoms with Crippen molar-refractivity contribution in [3.05, 3.63) is 4.88 Å². The van der Waals surface area contributed by atoms with Crippen LogP contribution >= 0.6 is 23.1 Å². The quantitative estimate of drug-likeness (QED) is 0.616. The molecule has 0 unspecified atom stereocenters. The van der Waals surface area contributed by atoms with E-state index in [9.17, 15) is 4.79 Å². The highest BCUT2D eigenvalue weighted by atomic mass is 32.2. The normalized spacial score (nSPS) is 10.5. The van der Waals surface area contributed by atoms with Crippen LogP contribution < -0.4 is 10.6 Å². The first kappa shape index (κ1) is 16.1. The van der Waals surface area contributed by atoms with E-state index < -0.39 is 0 Å². The predicted octanol–water partition coefficient (Wildman–Crippen LogP) is 2.31. The van der Waals surface area contributed by atoms with Gasteiger partial charge in [-0.1, -0.05) is 0 Å². The zero-order chi connectivity index (χ0) is 14.4. The summed E-state index contributed by atoms with van der Waals surface area (Å²) in [5.41, 5.74) is 6.55. The molecule has 1 heterocycles. The number of carbonyl (C=O) groups excluding carboxylic acids is 1. The number of hydrogen-bond donors (Lipinski definition) is 1. The van der Waals surface area contributed by atoms with Crippen molar-refractivity contribution in [3.8, 4) is 0 Å². The largest absolute Gasteiger partial charge is 0.462 e. The number of anilines is 2. The highest BCUT2D eigenvalue weighted by Gasteiger charge is 2.23. The van der Waals surface area contributed by atoms with Crippen LogP contribution in [0.1, 0.15) is 16.6 Å². The van der Waals surface area contributed by atoms with E-state index in [0.717, 1.165) is 16.4 Å². The molecule has 0 spiro atoms. The van der Waals surface area contributed by atoms with Gasteiger partial charge in [-0.25, -0.2) is 4.79 Å². The van der Waals surface area contributed by atoms with E-state index in [1.165, 1.54) is 23.1 Å². The van der Waals surface area contributed by atoms with Crippen molar-refractivity contribution in [2.24, 2.45) is 0 Å². The molecule has 0 aliphatic heterocycles. The number of hydrogen-bond acceptors (Lipinski definition) is 7. The maximum Gasteiger partial charge on any atom is 0.350 e. The van der Waals surface area contributed by atoms with Crippen molar-refractivity contribution in [2.75, 3.05) is 50.8 Å². The van der Waals surface area contributed by atoms with E-state index in [2.05, 4.69) is 0 Å². The molecule has 0 aliphatic rings. The van der Waals surface area contributed by atoms with Crippen LogP contribution in [-0.4, -0.2) is 46.1 Å². The van der Waals surface area contributed by atoms with E-state index in [1.807, 2.05) is 18.2 Å². The smallest absolute Gasteiger partial charge is 0.350 e. The molecule has 108 valence electrons. The van der Waals surface area contributed by atoms with Crippen LogP contribution in [0.15, 0.2) is 4.90 Å². The lowest BCUT2D eigenvalue weighted by molar-refractivity contribution is 0.0533. The van der Waals surface area contributed by atoms with E-state index >= 15 is 0 Å². The number of nitrogen functional groups attached to an aromatic ring is 1. The second kappa shape index (κ2) is 7.62. The molecule has 1 aromatic heterocycles. The minimum atomic E-state index is -0.355.